The van der Waals surface area contributed by atoms with Crippen molar-refractivity contribution < 1.29 is 4.79 Å². The largest absolute Gasteiger partial charge is 0.350 e. The quantitative estimate of drug-likeness (QED) is 0.805. The van der Waals surface area contributed by atoms with Crippen LogP contribution in [0.4, 0.5) is 0 Å². The van der Waals surface area contributed by atoms with Crippen LogP contribution in [0.25, 0.3) is 0 Å². The van der Waals surface area contributed by atoms with E-state index >= 15 is 0 Å². The van der Waals surface area contributed by atoms with Gasteiger partial charge in [0.15, 0.2) is 0 Å². The lowest BCUT2D eigenvalue weighted by Crippen LogP contribution is -2.29. The minimum Gasteiger partial charge on any atom is -0.350 e. The van der Waals surface area contributed by atoms with Gasteiger partial charge in [-0.2, -0.15) is 0 Å². The first-order valence-corrected chi connectivity index (χ1v) is 7.48. The average molecular weight is 298 g/mol. The highest BCUT2D eigenvalue weighted by Gasteiger charge is 2.05. The molecule has 1 N–H and O–H groups in total. The summed E-state index contributed by atoms with van der Waals surface area (Å²) in [5.74, 6) is 0.0569. The van der Waals surface area contributed by atoms with Crippen LogP contribution in [0.5, 0.6) is 0 Å². The van der Waals surface area contributed by atoms with Crippen molar-refractivity contribution in [2.75, 3.05) is 20.1 Å². The van der Waals surface area contributed by atoms with Gasteiger partial charge in [-0.3, -0.25) is 14.8 Å². The molecule has 2 aromatic rings. The Labute approximate surface area is 131 Å². The number of rotatable bonds is 8. The molecule has 5 heteroatoms. The smallest absolute Gasteiger partial charge is 0.221 e. The van der Waals surface area contributed by atoms with E-state index in [1.165, 1.54) is 5.56 Å². The zero-order valence-electron chi connectivity index (χ0n) is 12.9. The van der Waals surface area contributed by atoms with Gasteiger partial charge in [-0.05, 0) is 43.3 Å². The number of likely N-dealkylation sites (N-methyl/N-ethyl adjacent to an activating group) is 1. The Morgan fingerprint density at radius 2 is 1.95 bits per heavy atom. The molecule has 22 heavy (non-hydrogen) atoms. The second-order valence-electron chi connectivity index (χ2n) is 5.26. The molecule has 116 valence electrons. The summed E-state index contributed by atoms with van der Waals surface area (Å²) in [5.41, 5.74) is 2.14. The number of pyridine rings is 2. The molecule has 5 nitrogen and oxygen atoms in total. The normalized spacial score (nSPS) is 10.6. The van der Waals surface area contributed by atoms with Gasteiger partial charge >= 0.3 is 0 Å². The first kappa shape index (κ1) is 16.1. The van der Waals surface area contributed by atoms with Crippen LogP contribution in [0.3, 0.4) is 0 Å². The third-order valence-corrected chi connectivity index (χ3v) is 3.44. The van der Waals surface area contributed by atoms with Gasteiger partial charge < -0.3 is 10.2 Å². The Kier molecular flexibility index (Phi) is 6.51. The highest BCUT2D eigenvalue weighted by Crippen LogP contribution is 1.99. The van der Waals surface area contributed by atoms with Crippen LogP contribution < -0.4 is 5.32 Å². The SMILES string of the molecule is CN(CCC(=O)NCc1ccccn1)CCc1ccncc1. The summed E-state index contributed by atoms with van der Waals surface area (Å²) in [6, 6.07) is 9.73. The Morgan fingerprint density at radius 1 is 1.14 bits per heavy atom. The maximum Gasteiger partial charge on any atom is 0.221 e. The fourth-order valence-corrected chi connectivity index (χ4v) is 2.05. The maximum absolute atomic E-state index is 11.8. The van der Waals surface area contributed by atoms with Crippen molar-refractivity contribution >= 4 is 5.91 Å². The molecule has 2 aromatic heterocycles. The van der Waals surface area contributed by atoms with Gasteiger partial charge in [-0.1, -0.05) is 6.07 Å². The molecular formula is C17H22N4O. The third-order valence-electron chi connectivity index (χ3n) is 3.44. The molecule has 0 saturated heterocycles. The molecule has 0 saturated carbocycles. The monoisotopic (exact) mass is 298 g/mol. The zero-order valence-corrected chi connectivity index (χ0v) is 12.9. The molecule has 0 fully saturated rings. The Morgan fingerprint density at radius 3 is 2.68 bits per heavy atom. The van der Waals surface area contributed by atoms with E-state index in [0.29, 0.717) is 13.0 Å². The molecule has 2 rings (SSSR count). The molecule has 0 bridgehead atoms. The summed E-state index contributed by atoms with van der Waals surface area (Å²) in [6.45, 7) is 2.16. The van der Waals surface area contributed by atoms with E-state index in [1.54, 1.807) is 18.6 Å². The Bertz CT molecular complexity index is 559. The van der Waals surface area contributed by atoms with Gasteiger partial charge in [0.25, 0.3) is 0 Å². The van der Waals surface area contributed by atoms with Crippen molar-refractivity contribution in [2.24, 2.45) is 0 Å². The first-order chi connectivity index (χ1) is 10.7. The van der Waals surface area contributed by atoms with E-state index in [1.807, 2.05) is 37.4 Å². The Hall–Kier alpha value is -2.27. The highest BCUT2D eigenvalue weighted by atomic mass is 16.1. The number of hydrogen-bond acceptors (Lipinski definition) is 4. The minimum absolute atomic E-state index is 0.0569. The van der Waals surface area contributed by atoms with Gasteiger partial charge in [-0.25, -0.2) is 0 Å². The topological polar surface area (TPSA) is 58.1 Å². The molecule has 0 aromatic carbocycles. The van der Waals surface area contributed by atoms with Crippen molar-refractivity contribution in [2.45, 2.75) is 19.4 Å². The summed E-state index contributed by atoms with van der Waals surface area (Å²) in [4.78, 5) is 22.2. The van der Waals surface area contributed by atoms with Crippen LogP contribution in [-0.2, 0) is 17.8 Å². The summed E-state index contributed by atoms with van der Waals surface area (Å²) >= 11 is 0. The van der Waals surface area contributed by atoms with E-state index in [0.717, 1.165) is 25.2 Å². The molecule has 2 heterocycles. The van der Waals surface area contributed by atoms with Gasteiger partial charge in [0, 0.05) is 38.1 Å². The number of hydrogen-bond donors (Lipinski definition) is 1. The van der Waals surface area contributed by atoms with Crippen LogP contribution in [0, 0.1) is 0 Å². The number of carbonyl (C=O) groups excluding carboxylic acids is 1. The van der Waals surface area contributed by atoms with Crippen molar-refractivity contribution in [3.8, 4) is 0 Å². The molecule has 0 aliphatic heterocycles. The van der Waals surface area contributed by atoms with E-state index in [9.17, 15) is 4.79 Å². The summed E-state index contributed by atoms with van der Waals surface area (Å²) in [7, 11) is 2.03. The summed E-state index contributed by atoms with van der Waals surface area (Å²) < 4.78 is 0. The molecule has 0 aliphatic carbocycles. The molecule has 0 aliphatic rings. The van der Waals surface area contributed by atoms with Crippen molar-refractivity contribution in [1.29, 1.82) is 0 Å². The Balaban J connectivity index is 1.61. The number of carbonyl (C=O) groups is 1. The van der Waals surface area contributed by atoms with Gasteiger partial charge in [0.05, 0.1) is 12.2 Å². The van der Waals surface area contributed by atoms with Gasteiger partial charge in [-0.15, -0.1) is 0 Å². The second kappa shape index (κ2) is 8.89. The first-order valence-electron chi connectivity index (χ1n) is 7.48. The predicted molar refractivity (Wildman–Crippen MR) is 86.1 cm³/mol. The van der Waals surface area contributed by atoms with E-state index in [4.69, 9.17) is 0 Å². The number of nitrogens with zero attached hydrogens (tertiary/aromatic N) is 3. The summed E-state index contributed by atoms with van der Waals surface area (Å²) in [6.07, 6.45) is 6.81. The standard InChI is InChI=1S/C17H22N4O/c1-21(12-7-15-5-10-18-11-6-15)13-8-17(22)20-14-16-4-2-3-9-19-16/h2-6,9-11H,7-8,12-14H2,1H3,(H,20,22). The maximum atomic E-state index is 11.8. The van der Waals surface area contributed by atoms with E-state index in [-0.39, 0.29) is 5.91 Å². The molecule has 1 amide bonds. The van der Waals surface area contributed by atoms with E-state index < -0.39 is 0 Å². The van der Waals surface area contributed by atoms with Crippen molar-refractivity contribution in [1.82, 2.24) is 20.2 Å². The van der Waals surface area contributed by atoms with Gasteiger partial charge in [0.2, 0.25) is 5.91 Å². The van der Waals surface area contributed by atoms with Crippen LogP contribution in [-0.4, -0.2) is 40.9 Å². The molecular weight excluding hydrogens is 276 g/mol. The second-order valence-corrected chi connectivity index (χ2v) is 5.26. The van der Waals surface area contributed by atoms with Crippen LogP contribution in [0.15, 0.2) is 48.9 Å². The molecule has 0 atom stereocenters. The fourth-order valence-electron chi connectivity index (χ4n) is 2.05. The fraction of sp³-hybridized carbons (Fsp3) is 0.353. The summed E-state index contributed by atoms with van der Waals surface area (Å²) in [5, 5.41) is 2.89. The number of nitrogens with one attached hydrogen (secondary N) is 1. The van der Waals surface area contributed by atoms with Crippen LogP contribution in [0.2, 0.25) is 0 Å². The number of amides is 1. The van der Waals surface area contributed by atoms with Crippen molar-refractivity contribution in [3.05, 3.63) is 60.2 Å². The van der Waals surface area contributed by atoms with Crippen LogP contribution in [0.1, 0.15) is 17.7 Å². The lowest BCUT2D eigenvalue weighted by Gasteiger charge is -2.16. The number of aromatic nitrogens is 2. The average Bonchev–Trinajstić information content (AvgIpc) is 2.58. The lowest BCUT2D eigenvalue weighted by atomic mass is 10.2. The van der Waals surface area contributed by atoms with Crippen molar-refractivity contribution in [3.63, 3.8) is 0 Å². The molecule has 0 radical (unpaired) electrons. The van der Waals surface area contributed by atoms with Crippen LogP contribution >= 0.6 is 0 Å². The zero-order chi connectivity index (χ0) is 15.6. The third kappa shape index (κ3) is 6.01. The highest BCUT2D eigenvalue weighted by molar-refractivity contribution is 5.75. The van der Waals surface area contributed by atoms with E-state index in [2.05, 4.69) is 20.2 Å². The predicted octanol–water partition coefficient (Wildman–Crippen LogP) is 1.66. The lowest BCUT2D eigenvalue weighted by molar-refractivity contribution is -0.121. The molecule has 0 spiro atoms. The minimum atomic E-state index is 0.0569. The molecule has 0 unspecified atom stereocenters. The van der Waals surface area contributed by atoms with Gasteiger partial charge in [0.1, 0.15) is 0 Å².